The summed E-state index contributed by atoms with van der Waals surface area (Å²) in [5, 5.41) is 6.48. The van der Waals surface area contributed by atoms with Crippen molar-refractivity contribution in [1.29, 1.82) is 0 Å². The van der Waals surface area contributed by atoms with Gasteiger partial charge < -0.3 is 20.3 Å². The maximum atomic E-state index is 12.7. The number of aryl methyl sites for hydroxylation is 1. The third-order valence-electron chi connectivity index (χ3n) is 4.65. The van der Waals surface area contributed by atoms with Gasteiger partial charge >= 0.3 is 0 Å². The van der Waals surface area contributed by atoms with E-state index >= 15 is 0 Å². The topological polar surface area (TPSA) is 66.0 Å². The Morgan fingerprint density at radius 1 is 1.32 bits per heavy atom. The fourth-order valence-electron chi connectivity index (χ4n) is 3.38. The van der Waals surface area contributed by atoms with E-state index in [1.807, 2.05) is 30.0 Å². The lowest BCUT2D eigenvalue weighted by atomic mass is 10.0. The minimum atomic E-state index is 0.0430. The molecule has 1 amide bonds. The second-order valence-electron chi connectivity index (χ2n) is 6.49. The molecule has 0 aromatic heterocycles. The molecule has 1 atom stereocenters. The summed E-state index contributed by atoms with van der Waals surface area (Å²) in [4.78, 5) is 19.0. The number of ether oxygens (including phenoxy) is 1. The minimum absolute atomic E-state index is 0.0430. The van der Waals surface area contributed by atoms with E-state index in [0.29, 0.717) is 5.96 Å². The molecule has 0 bridgehead atoms. The molecule has 1 aromatic rings. The molecule has 0 saturated carbocycles. The Balaban J connectivity index is 1.59. The molecule has 1 aromatic carbocycles. The van der Waals surface area contributed by atoms with Crippen molar-refractivity contribution in [2.75, 3.05) is 37.7 Å². The molecule has 136 valence electrons. The van der Waals surface area contributed by atoms with E-state index in [4.69, 9.17) is 4.74 Å². The molecule has 6 nitrogen and oxygen atoms in total. The number of para-hydroxylation sites is 1. The maximum absolute atomic E-state index is 12.7. The van der Waals surface area contributed by atoms with Gasteiger partial charge in [0, 0.05) is 31.9 Å². The fraction of sp³-hybridized carbons (Fsp3) is 0.579. The molecule has 1 saturated heterocycles. The fourth-order valence-corrected chi connectivity index (χ4v) is 3.38. The van der Waals surface area contributed by atoms with E-state index < -0.39 is 0 Å². The Morgan fingerprint density at radius 2 is 2.20 bits per heavy atom. The van der Waals surface area contributed by atoms with Crippen molar-refractivity contribution >= 4 is 17.6 Å². The first-order chi connectivity index (χ1) is 12.3. The summed E-state index contributed by atoms with van der Waals surface area (Å²) in [5.41, 5.74) is 2.28. The Kier molecular flexibility index (Phi) is 6.28. The van der Waals surface area contributed by atoms with Gasteiger partial charge in [0.2, 0.25) is 5.91 Å². The largest absolute Gasteiger partial charge is 0.376 e. The molecular weight excluding hydrogens is 316 g/mol. The van der Waals surface area contributed by atoms with Gasteiger partial charge in [-0.25, -0.2) is 4.99 Å². The van der Waals surface area contributed by atoms with E-state index in [-0.39, 0.29) is 18.6 Å². The van der Waals surface area contributed by atoms with Crippen LogP contribution in [0.15, 0.2) is 29.3 Å². The molecule has 25 heavy (non-hydrogen) atoms. The number of anilines is 1. The van der Waals surface area contributed by atoms with Crippen LogP contribution in [0.3, 0.4) is 0 Å². The first-order valence-corrected chi connectivity index (χ1v) is 9.30. The van der Waals surface area contributed by atoms with Crippen molar-refractivity contribution in [3.05, 3.63) is 29.8 Å². The summed E-state index contributed by atoms with van der Waals surface area (Å²) in [6, 6.07) is 8.15. The van der Waals surface area contributed by atoms with Gasteiger partial charge in [0.25, 0.3) is 0 Å². The molecule has 2 aliphatic heterocycles. The van der Waals surface area contributed by atoms with Crippen LogP contribution < -0.4 is 15.5 Å². The molecular formula is C19H28N4O2. The SMILES string of the molecule is CCNC(=NCC(=O)N1CCCc2ccccc21)NCC1CCCO1. The number of guanidine groups is 1. The van der Waals surface area contributed by atoms with Crippen LogP contribution in [-0.4, -0.2) is 50.8 Å². The van der Waals surface area contributed by atoms with Crippen molar-refractivity contribution in [2.24, 2.45) is 4.99 Å². The smallest absolute Gasteiger partial charge is 0.248 e. The molecule has 1 fully saturated rings. The number of rotatable bonds is 5. The normalized spacial score (nSPS) is 20.3. The number of aliphatic imine (C=N–C) groups is 1. The van der Waals surface area contributed by atoms with Crippen LogP contribution >= 0.6 is 0 Å². The van der Waals surface area contributed by atoms with Crippen LogP contribution in [0.5, 0.6) is 0 Å². The summed E-state index contributed by atoms with van der Waals surface area (Å²) < 4.78 is 5.62. The number of fused-ring (bicyclic) bond motifs is 1. The summed E-state index contributed by atoms with van der Waals surface area (Å²) in [6.45, 7) is 5.27. The lowest BCUT2D eigenvalue weighted by Crippen LogP contribution is -2.42. The Hall–Kier alpha value is -2.08. The molecule has 6 heteroatoms. The number of nitrogens with zero attached hydrogens (tertiary/aromatic N) is 2. The quantitative estimate of drug-likeness (QED) is 0.630. The highest BCUT2D eigenvalue weighted by molar-refractivity contribution is 5.97. The average Bonchev–Trinajstić information content (AvgIpc) is 3.17. The van der Waals surface area contributed by atoms with E-state index in [1.54, 1.807) is 0 Å². The summed E-state index contributed by atoms with van der Waals surface area (Å²) in [5.74, 6) is 0.720. The Labute approximate surface area is 149 Å². The number of nitrogens with one attached hydrogen (secondary N) is 2. The highest BCUT2D eigenvalue weighted by Gasteiger charge is 2.22. The molecule has 0 spiro atoms. The van der Waals surface area contributed by atoms with E-state index in [1.165, 1.54) is 5.56 Å². The predicted molar refractivity (Wildman–Crippen MR) is 100 cm³/mol. The predicted octanol–water partition coefficient (Wildman–Crippen LogP) is 1.70. The molecule has 3 rings (SSSR count). The second kappa shape index (κ2) is 8.85. The maximum Gasteiger partial charge on any atom is 0.248 e. The summed E-state index contributed by atoms with van der Waals surface area (Å²) in [7, 11) is 0. The van der Waals surface area contributed by atoms with Gasteiger partial charge in [-0.05, 0) is 44.2 Å². The van der Waals surface area contributed by atoms with Crippen LogP contribution in [0.4, 0.5) is 5.69 Å². The van der Waals surface area contributed by atoms with Crippen molar-refractivity contribution < 1.29 is 9.53 Å². The standard InChI is InChI=1S/C19H28N4O2/c1-2-20-19(21-13-16-9-6-12-25-16)22-14-18(24)23-11-5-8-15-7-3-4-10-17(15)23/h3-4,7,10,16H,2,5-6,8-9,11-14H2,1H3,(H2,20,21,22). The van der Waals surface area contributed by atoms with Crippen LogP contribution in [-0.2, 0) is 16.0 Å². The first kappa shape index (κ1) is 17.7. The van der Waals surface area contributed by atoms with Gasteiger partial charge in [-0.1, -0.05) is 18.2 Å². The monoisotopic (exact) mass is 344 g/mol. The summed E-state index contributed by atoms with van der Waals surface area (Å²) in [6.07, 6.45) is 4.48. The number of amides is 1. The Bertz CT molecular complexity index is 611. The number of hydrogen-bond acceptors (Lipinski definition) is 3. The van der Waals surface area contributed by atoms with Gasteiger partial charge in [0.15, 0.2) is 5.96 Å². The van der Waals surface area contributed by atoms with Crippen molar-refractivity contribution in [3.8, 4) is 0 Å². The number of benzene rings is 1. The first-order valence-electron chi connectivity index (χ1n) is 9.30. The van der Waals surface area contributed by atoms with Crippen LogP contribution in [0.2, 0.25) is 0 Å². The second-order valence-corrected chi connectivity index (χ2v) is 6.49. The lowest BCUT2D eigenvalue weighted by molar-refractivity contribution is -0.117. The van der Waals surface area contributed by atoms with Gasteiger partial charge in [-0.15, -0.1) is 0 Å². The van der Waals surface area contributed by atoms with E-state index in [2.05, 4.69) is 21.7 Å². The Morgan fingerprint density at radius 3 is 3.00 bits per heavy atom. The van der Waals surface area contributed by atoms with Crippen molar-refractivity contribution in [2.45, 2.75) is 38.7 Å². The van der Waals surface area contributed by atoms with Gasteiger partial charge in [0.1, 0.15) is 6.54 Å². The van der Waals surface area contributed by atoms with E-state index in [9.17, 15) is 4.79 Å². The average molecular weight is 344 g/mol. The lowest BCUT2D eigenvalue weighted by Gasteiger charge is -2.29. The zero-order valence-electron chi connectivity index (χ0n) is 15.0. The van der Waals surface area contributed by atoms with Crippen LogP contribution in [0.1, 0.15) is 31.7 Å². The third-order valence-corrected chi connectivity index (χ3v) is 4.65. The molecule has 2 heterocycles. The minimum Gasteiger partial charge on any atom is -0.376 e. The van der Waals surface area contributed by atoms with Crippen molar-refractivity contribution in [1.82, 2.24) is 10.6 Å². The zero-order valence-corrected chi connectivity index (χ0v) is 15.0. The highest BCUT2D eigenvalue weighted by Crippen LogP contribution is 2.26. The van der Waals surface area contributed by atoms with E-state index in [0.717, 1.165) is 57.6 Å². The summed E-state index contributed by atoms with van der Waals surface area (Å²) >= 11 is 0. The van der Waals surface area contributed by atoms with Gasteiger partial charge in [0.05, 0.1) is 6.10 Å². The number of carbonyl (C=O) groups is 1. The molecule has 0 radical (unpaired) electrons. The molecule has 2 N–H and O–H groups in total. The third kappa shape index (κ3) is 4.72. The number of hydrogen-bond donors (Lipinski definition) is 2. The number of carbonyl (C=O) groups excluding carboxylic acids is 1. The zero-order chi connectivity index (χ0) is 17.5. The molecule has 1 unspecified atom stereocenters. The van der Waals surface area contributed by atoms with Gasteiger partial charge in [-0.3, -0.25) is 4.79 Å². The highest BCUT2D eigenvalue weighted by atomic mass is 16.5. The van der Waals surface area contributed by atoms with Crippen LogP contribution in [0, 0.1) is 0 Å². The van der Waals surface area contributed by atoms with Gasteiger partial charge in [-0.2, -0.15) is 0 Å². The molecule has 0 aliphatic carbocycles. The van der Waals surface area contributed by atoms with Crippen molar-refractivity contribution in [3.63, 3.8) is 0 Å². The molecule has 2 aliphatic rings. The van der Waals surface area contributed by atoms with Crippen LogP contribution in [0.25, 0.3) is 0 Å².